The van der Waals surface area contributed by atoms with Crippen molar-refractivity contribution in [3.63, 3.8) is 0 Å². The number of rotatable bonds is 4. The number of hydrogen-bond acceptors (Lipinski definition) is 4. The number of nitrogens with zero attached hydrogens (tertiary/aromatic N) is 1. The molecule has 2 aliphatic rings. The van der Waals surface area contributed by atoms with Gasteiger partial charge in [0, 0.05) is 24.9 Å². The van der Waals surface area contributed by atoms with Gasteiger partial charge in [0.2, 0.25) is 0 Å². The summed E-state index contributed by atoms with van der Waals surface area (Å²) in [4.78, 5) is 2.39. The van der Waals surface area contributed by atoms with Crippen LogP contribution in [0.4, 0.5) is 0 Å². The molecule has 0 spiro atoms. The second-order valence-corrected chi connectivity index (χ2v) is 8.71. The predicted octanol–water partition coefficient (Wildman–Crippen LogP) is 1.04. The fraction of sp³-hybridized carbons (Fsp3) is 1.00. The Bertz CT molecular complexity index is 390. The lowest BCUT2D eigenvalue weighted by Crippen LogP contribution is -2.51. The van der Waals surface area contributed by atoms with Crippen LogP contribution in [0.5, 0.6) is 0 Å². The molecule has 0 aromatic rings. The number of aliphatic hydroxyl groups is 1. The molecule has 2 atom stereocenters. The van der Waals surface area contributed by atoms with Gasteiger partial charge in [-0.1, -0.05) is 0 Å². The molecule has 0 radical (unpaired) electrons. The van der Waals surface area contributed by atoms with E-state index in [0.29, 0.717) is 17.8 Å². The summed E-state index contributed by atoms with van der Waals surface area (Å²) in [6.45, 7) is 5.14. The van der Waals surface area contributed by atoms with Gasteiger partial charge >= 0.3 is 0 Å². The molecule has 2 rings (SSSR count). The maximum atomic E-state index is 11.5. The monoisotopic (exact) mass is 275 g/mol. The van der Waals surface area contributed by atoms with Crippen molar-refractivity contribution in [3.8, 4) is 0 Å². The van der Waals surface area contributed by atoms with Gasteiger partial charge in [0.15, 0.2) is 0 Å². The summed E-state index contributed by atoms with van der Waals surface area (Å²) < 4.78 is 23.0. The molecular formula is C13H25NO3S. The van der Waals surface area contributed by atoms with Crippen LogP contribution in [0, 0.1) is 5.41 Å². The van der Waals surface area contributed by atoms with Crippen molar-refractivity contribution in [2.75, 3.05) is 18.6 Å². The normalized spacial score (nSPS) is 36.6. The van der Waals surface area contributed by atoms with Crippen molar-refractivity contribution in [3.05, 3.63) is 0 Å². The lowest BCUT2D eigenvalue weighted by molar-refractivity contribution is 0.00409. The van der Waals surface area contributed by atoms with Crippen LogP contribution >= 0.6 is 0 Å². The molecule has 0 aromatic carbocycles. The highest BCUT2D eigenvalue weighted by atomic mass is 32.2. The Kier molecular flexibility index (Phi) is 3.78. The molecule has 2 unspecified atom stereocenters. The second kappa shape index (κ2) is 4.76. The summed E-state index contributed by atoms with van der Waals surface area (Å²) in [6.07, 6.45) is 4.80. The van der Waals surface area contributed by atoms with Crippen LogP contribution in [0.15, 0.2) is 0 Å². The van der Waals surface area contributed by atoms with Crippen molar-refractivity contribution in [1.82, 2.24) is 4.90 Å². The third kappa shape index (κ3) is 3.45. The van der Waals surface area contributed by atoms with E-state index in [1.807, 2.05) is 0 Å². The van der Waals surface area contributed by atoms with E-state index in [-0.39, 0.29) is 11.5 Å². The minimum Gasteiger partial charge on any atom is -0.393 e. The van der Waals surface area contributed by atoms with Crippen molar-refractivity contribution < 1.29 is 13.5 Å². The van der Waals surface area contributed by atoms with Gasteiger partial charge in [0.25, 0.3) is 0 Å². The van der Waals surface area contributed by atoms with Crippen LogP contribution < -0.4 is 0 Å². The number of aliphatic hydroxyl groups excluding tert-OH is 1. The summed E-state index contributed by atoms with van der Waals surface area (Å²) >= 11 is 0. The molecule has 1 heterocycles. The van der Waals surface area contributed by atoms with Gasteiger partial charge in [-0.05, 0) is 44.9 Å². The van der Waals surface area contributed by atoms with Crippen LogP contribution in [-0.4, -0.2) is 55.2 Å². The smallest absolute Gasteiger partial charge is 0.148 e. The van der Waals surface area contributed by atoms with Crippen molar-refractivity contribution in [2.24, 2.45) is 5.41 Å². The zero-order valence-electron chi connectivity index (χ0n) is 11.6. The quantitative estimate of drug-likeness (QED) is 0.833. The minimum absolute atomic E-state index is 0.00159. The van der Waals surface area contributed by atoms with Gasteiger partial charge in [0.1, 0.15) is 9.84 Å². The Morgan fingerprint density at radius 3 is 2.11 bits per heavy atom. The summed E-state index contributed by atoms with van der Waals surface area (Å²) in [5.74, 6) is 0.318. The van der Waals surface area contributed by atoms with Crippen molar-refractivity contribution in [1.29, 1.82) is 0 Å². The lowest BCUT2D eigenvalue weighted by Gasteiger charge is -2.43. The van der Waals surface area contributed by atoms with Gasteiger partial charge in [-0.25, -0.2) is 8.42 Å². The van der Waals surface area contributed by atoms with Crippen LogP contribution in [0.2, 0.25) is 0 Å². The zero-order chi connectivity index (χ0) is 13.6. The molecule has 5 heteroatoms. The third-order valence-corrected chi connectivity index (χ3v) is 5.54. The lowest BCUT2D eigenvalue weighted by atomic mass is 9.93. The SMILES string of the molecule is CC1CC(O)CC(C)N1CC1(CS(C)(=O)=O)CC1. The van der Waals surface area contributed by atoms with E-state index < -0.39 is 9.84 Å². The molecular weight excluding hydrogens is 250 g/mol. The third-order valence-electron chi connectivity index (χ3n) is 4.40. The first kappa shape index (κ1) is 14.3. The average Bonchev–Trinajstić information content (AvgIpc) is 2.89. The molecule has 1 N–H and O–H groups in total. The first-order valence-corrected chi connectivity index (χ1v) is 8.88. The highest BCUT2D eigenvalue weighted by molar-refractivity contribution is 7.90. The number of piperidine rings is 1. The van der Waals surface area contributed by atoms with Crippen LogP contribution in [0.1, 0.15) is 39.5 Å². The summed E-state index contributed by atoms with van der Waals surface area (Å²) in [5, 5.41) is 9.75. The molecule has 0 bridgehead atoms. The average molecular weight is 275 g/mol. The summed E-state index contributed by atoms with van der Waals surface area (Å²) in [5.41, 5.74) is -0.00159. The molecule has 106 valence electrons. The minimum atomic E-state index is -2.89. The van der Waals surface area contributed by atoms with Gasteiger partial charge in [0.05, 0.1) is 11.9 Å². The molecule has 18 heavy (non-hydrogen) atoms. The molecule has 1 saturated carbocycles. The van der Waals surface area contributed by atoms with E-state index in [2.05, 4.69) is 18.7 Å². The second-order valence-electron chi connectivity index (χ2n) is 6.57. The molecule has 1 aliphatic carbocycles. The highest BCUT2D eigenvalue weighted by Gasteiger charge is 2.48. The molecule has 1 aliphatic heterocycles. The first-order chi connectivity index (χ1) is 8.21. The number of hydrogen-bond donors (Lipinski definition) is 1. The van der Waals surface area contributed by atoms with Gasteiger partial charge in [-0.15, -0.1) is 0 Å². The molecule has 0 amide bonds. The van der Waals surface area contributed by atoms with Gasteiger partial charge in [-0.2, -0.15) is 0 Å². The Morgan fingerprint density at radius 2 is 1.72 bits per heavy atom. The molecule has 1 saturated heterocycles. The largest absolute Gasteiger partial charge is 0.393 e. The van der Waals surface area contributed by atoms with Gasteiger partial charge < -0.3 is 5.11 Å². The topological polar surface area (TPSA) is 57.6 Å². The first-order valence-electron chi connectivity index (χ1n) is 6.82. The highest BCUT2D eigenvalue weighted by Crippen LogP contribution is 2.48. The van der Waals surface area contributed by atoms with E-state index >= 15 is 0 Å². The van der Waals surface area contributed by atoms with E-state index in [4.69, 9.17) is 0 Å². The van der Waals surface area contributed by atoms with Crippen molar-refractivity contribution >= 4 is 9.84 Å². The van der Waals surface area contributed by atoms with E-state index in [1.54, 1.807) is 0 Å². The Morgan fingerprint density at radius 1 is 1.22 bits per heavy atom. The van der Waals surface area contributed by atoms with E-state index in [1.165, 1.54) is 6.26 Å². The molecule has 0 aromatic heterocycles. The molecule has 4 nitrogen and oxygen atoms in total. The maximum absolute atomic E-state index is 11.5. The molecule has 2 fully saturated rings. The Balaban J connectivity index is 2.00. The fourth-order valence-corrected chi connectivity index (χ4v) is 4.86. The Labute approximate surface area is 110 Å². The summed E-state index contributed by atoms with van der Waals surface area (Å²) in [6, 6.07) is 0.696. The maximum Gasteiger partial charge on any atom is 0.148 e. The van der Waals surface area contributed by atoms with Crippen LogP contribution in [0.25, 0.3) is 0 Å². The zero-order valence-corrected chi connectivity index (χ0v) is 12.4. The predicted molar refractivity (Wildman–Crippen MR) is 72.2 cm³/mol. The Hall–Kier alpha value is -0.130. The number of likely N-dealkylation sites (tertiary alicyclic amines) is 1. The van der Waals surface area contributed by atoms with Crippen LogP contribution in [0.3, 0.4) is 0 Å². The van der Waals surface area contributed by atoms with E-state index in [9.17, 15) is 13.5 Å². The van der Waals surface area contributed by atoms with E-state index in [0.717, 1.165) is 32.2 Å². The summed E-state index contributed by atoms with van der Waals surface area (Å²) in [7, 11) is -2.89. The van der Waals surface area contributed by atoms with Crippen molar-refractivity contribution in [2.45, 2.75) is 57.7 Å². The van der Waals surface area contributed by atoms with Crippen LogP contribution in [-0.2, 0) is 9.84 Å². The fourth-order valence-electron chi connectivity index (χ4n) is 3.37. The standard InChI is InChI=1S/C13H25NO3S/c1-10-6-12(15)7-11(2)14(10)8-13(4-5-13)9-18(3,16)17/h10-12,15H,4-9H2,1-3H3. The number of sulfone groups is 1. The van der Waals surface area contributed by atoms with Gasteiger partial charge in [-0.3, -0.25) is 4.90 Å².